The van der Waals surface area contributed by atoms with Gasteiger partial charge in [0.15, 0.2) is 0 Å². The number of pyridine rings is 1. The van der Waals surface area contributed by atoms with Gasteiger partial charge in [-0.1, -0.05) is 31.2 Å². The molecule has 3 heteroatoms. The summed E-state index contributed by atoms with van der Waals surface area (Å²) in [5.41, 5.74) is 8.36. The minimum Gasteiger partial charge on any atom is -0.329 e. The van der Waals surface area contributed by atoms with Crippen molar-refractivity contribution < 1.29 is 0 Å². The Bertz CT molecular complexity index is 561. The van der Waals surface area contributed by atoms with Crippen molar-refractivity contribution in [1.82, 2.24) is 9.88 Å². The Morgan fingerprint density at radius 2 is 2.16 bits per heavy atom. The number of para-hydroxylation sites is 1. The van der Waals surface area contributed by atoms with Crippen LogP contribution in [0.1, 0.15) is 18.9 Å². The number of hydrogen-bond acceptors (Lipinski definition) is 3. The van der Waals surface area contributed by atoms with Crippen LogP contribution in [0.4, 0.5) is 0 Å². The lowest BCUT2D eigenvalue weighted by atomic mass is 10.0. The van der Waals surface area contributed by atoms with Crippen molar-refractivity contribution in [3.05, 3.63) is 42.1 Å². The zero-order valence-electron chi connectivity index (χ0n) is 11.4. The Morgan fingerprint density at radius 1 is 1.32 bits per heavy atom. The van der Waals surface area contributed by atoms with Crippen molar-refractivity contribution in [2.24, 2.45) is 11.7 Å². The van der Waals surface area contributed by atoms with Gasteiger partial charge in [-0.25, -0.2) is 0 Å². The summed E-state index contributed by atoms with van der Waals surface area (Å²) < 4.78 is 0. The predicted molar refractivity (Wildman–Crippen MR) is 78.8 cm³/mol. The van der Waals surface area contributed by atoms with Gasteiger partial charge in [0.05, 0.1) is 5.52 Å². The zero-order valence-corrected chi connectivity index (χ0v) is 11.4. The smallest absolute Gasteiger partial charge is 0.0746 e. The van der Waals surface area contributed by atoms with E-state index in [1.807, 2.05) is 12.3 Å². The minimum absolute atomic E-state index is 0.513. The van der Waals surface area contributed by atoms with Gasteiger partial charge in [-0.15, -0.1) is 0 Å². The molecule has 2 heterocycles. The fraction of sp³-hybridized carbons (Fsp3) is 0.438. The first kappa shape index (κ1) is 12.6. The highest BCUT2D eigenvalue weighted by atomic mass is 15.2. The SMILES string of the molecule is CC1CCN(Cc2cccc3cccnc23)C1CN. The average molecular weight is 255 g/mol. The Kier molecular flexibility index (Phi) is 3.49. The van der Waals surface area contributed by atoms with Gasteiger partial charge in [-0.2, -0.15) is 0 Å². The summed E-state index contributed by atoms with van der Waals surface area (Å²) in [4.78, 5) is 7.04. The summed E-state index contributed by atoms with van der Waals surface area (Å²) in [5, 5.41) is 1.22. The van der Waals surface area contributed by atoms with E-state index in [1.165, 1.54) is 17.4 Å². The Hall–Kier alpha value is -1.45. The summed E-state index contributed by atoms with van der Waals surface area (Å²) in [6, 6.07) is 11.1. The molecule has 19 heavy (non-hydrogen) atoms. The molecule has 3 nitrogen and oxygen atoms in total. The minimum atomic E-state index is 0.513. The summed E-state index contributed by atoms with van der Waals surface area (Å²) in [5.74, 6) is 0.702. The predicted octanol–water partition coefficient (Wildman–Crippen LogP) is 2.40. The molecule has 0 saturated carbocycles. The second-order valence-electron chi connectivity index (χ2n) is 5.53. The van der Waals surface area contributed by atoms with E-state index in [0.29, 0.717) is 12.0 Å². The van der Waals surface area contributed by atoms with Crippen LogP contribution in [-0.2, 0) is 6.54 Å². The van der Waals surface area contributed by atoms with Gasteiger partial charge < -0.3 is 5.73 Å². The van der Waals surface area contributed by atoms with E-state index in [4.69, 9.17) is 5.73 Å². The van der Waals surface area contributed by atoms with Crippen molar-refractivity contribution in [1.29, 1.82) is 0 Å². The fourth-order valence-electron chi connectivity index (χ4n) is 3.18. The van der Waals surface area contributed by atoms with Crippen LogP contribution in [0.3, 0.4) is 0 Å². The highest BCUT2D eigenvalue weighted by molar-refractivity contribution is 5.81. The molecule has 1 saturated heterocycles. The zero-order chi connectivity index (χ0) is 13.2. The maximum Gasteiger partial charge on any atom is 0.0746 e. The number of nitrogens with two attached hydrogens (primary N) is 1. The maximum absolute atomic E-state index is 5.92. The highest BCUT2D eigenvalue weighted by Crippen LogP contribution is 2.26. The molecule has 1 aromatic heterocycles. The third kappa shape index (κ3) is 2.36. The second-order valence-corrected chi connectivity index (χ2v) is 5.53. The Labute approximate surface area is 114 Å². The van der Waals surface area contributed by atoms with Crippen LogP contribution in [0.5, 0.6) is 0 Å². The number of nitrogens with zero attached hydrogens (tertiary/aromatic N) is 2. The molecule has 0 aliphatic carbocycles. The largest absolute Gasteiger partial charge is 0.329 e. The van der Waals surface area contributed by atoms with Crippen molar-refractivity contribution in [2.75, 3.05) is 13.1 Å². The van der Waals surface area contributed by atoms with Gasteiger partial charge in [-0.3, -0.25) is 9.88 Å². The van der Waals surface area contributed by atoms with E-state index in [-0.39, 0.29) is 0 Å². The first-order chi connectivity index (χ1) is 9.29. The summed E-state index contributed by atoms with van der Waals surface area (Å²) in [6.45, 7) is 5.16. The van der Waals surface area contributed by atoms with E-state index < -0.39 is 0 Å². The molecular formula is C16H21N3. The van der Waals surface area contributed by atoms with Gasteiger partial charge >= 0.3 is 0 Å². The fourth-order valence-corrected chi connectivity index (χ4v) is 3.18. The first-order valence-corrected chi connectivity index (χ1v) is 7.06. The molecule has 2 atom stereocenters. The monoisotopic (exact) mass is 255 g/mol. The quantitative estimate of drug-likeness (QED) is 0.915. The van der Waals surface area contributed by atoms with Crippen molar-refractivity contribution in [3.8, 4) is 0 Å². The number of hydrogen-bond donors (Lipinski definition) is 1. The lowest BCUT2D eigenvalue weighted by molar-refractivity contribution is 0.229. The van der Waals surface area contributed by atoms with Crippen LogP contribution in [0, 0.1) is 5.92 Å². The van der Waals surface area contributed by atoms with E-state index in [9.17, 15) is 0 Å². The molecular weight excluding hydrogens is 234 g/mol. The van der Waals surface area contributed by atoms with Gasteiger partial charge in [-0.05, 0) is 30.5 Å². The average Bonchev–Trinajstić information content (AvgIpc) is 2.79. The molecule has 1 aliphatic rings. The summed E-state index contributed by atoms with van der Waals surface area (Å²) in [7, 11) is 0. The van der Waals surface area contributed by atoms with E-state index >= 15 is 0 Å². The third-order valence-corrected chi connectivity index (χ3v) is 4.33. The summed E-state index contributed by atoms with van der Waals surface area (Å²) in [6.07, 6.45) is 3.12. The van der Waals surface area contributed by atoms with Crippen LogP contribution in [0.2, 0.25) is 0 Å². The second kappa shape index (κ2) is 5.27. The molecule has 100 valence electrons. The van der Waals surface area contributed by atoms with E-state index in [0.717, 1.165) is 25.2 Å². The molecule has 2 aromatic rings. The molecule has 1 aromatic carbocycles. The molecule has 2 N–H and O–H groups in total. The normalized spacial score (nSPS) is 24.1. The van der Waals surface area contributed by atoms with Gasteiger partial charge in [0, 0.05) is 30.7 Å². The van der Waals surface area contributed by atoms with Crippen LogP contribution in [-0.4, -0.2) is 29.0 Å². The molecule has 0 radical (unpaired) electrons. The van der Waals surface area contributed by atoms with Crippen molar-refractivity contribution >= 4 is 10.9 Å². The lowest BCUT2D eigenvalue weighted by Crippen LogP contribution is -2.37. The van der Waals surface area contributed by atoms with Crippen LogP contribution in [0.25, 0.3) is 10.9 Å². The van der Waals surface area contributed by atoms with Crippen LogP contribution >= 0.6 is 0 Å². The number of likely N-dealkylation sites (tertiary alicyclic amines) is 1. The molecule has 3 rings (SSSR count). The first-order valence-electron chi connectivity index (χ1n) is 7.06. The van der Waals surface area contributed by atoms with Crippen LogP contribution in [0.15, 0.2) is 36.5 Å². The molecule has 1 aliphatic heterocycles. The molecule has 1 fully saturated rings. The third-order valence-electron chi connectivity index (χ3n) is 4.33. The highest BCUT2D eigenvalue weighted by Gasteiger charge is 2.29. The summed E-state index contributed by atoms with van der Waals surface area (Å²) >= 11 is 0. The lowest BCUT2D eigenvalue weighted by Gasteiger charge is -2.25. The topological polar surface area (TPSA) is 42.2 Å². The maximum atomic E-state index is 5.92. The molecule has 2 unspecified atom stereocenters. The molecule has 0 amide bonds. The molecule has 0 spiro atoms. The Balaban J connectivity index is 1.89. The van der Waals surface area contributed by atoms with Gasteiger partial charge in [0.25, 0.3) is 0 Å². The number of fused-ring (bicyclic) bond motifs is 1. The van der Waals surface area contributed by atoms with Gasteiger partial charge in [0.1, 0.15) is 0 Å². The number of rotatable bonds is 3. The molecule has 0 bridgehead atoms. The van der Waals surface area contributed by atoms with E-state index in [2.05, 4.69) is 41.1 Å². The Morgan fingerprint density at radius 3 is 3.00 bits per heavy atom. The van der Waals surface area contributed by atoms with Crippen molar-refractivity contribution in [2.45, 2.75) is 25.9 Å². The number of benzene rings is 1. The standard InChI is InChI=1S/C16H21N3/c1-12-7-9-19(15(12)10-17)11-14-5-2-4-13-6-3-8-18-16(13)14/h2-6,8,12,15H,7,9-11,17H2,1H3. The van der Waals surface area contributed by atoms with Crippen molar-refractivity contribution in [3.63, 3.8) is 0 Å². The number of aromatic nitrogens is 1. The van der Waals surface area contributed by atoms with Gasteiger partial charge in [0.2, 0.25) is 0 Å². The van der Waals surface area contributed by atoms with E-state index in [1.54, 1.807) is 0 Å². The van der Waals surface area contributed by atoms with Crippen LogP contribution < -0.4 is 5.73 Å².